The lowest BCUT2D eigenvalue weighted by Crippen LogP contribution is -2.45. The Labute approximate surface area is 151 Å². The van der Waals surface area contributed by atoms with E-state index in [1.807, 2.05) is 12.1 Å². The van der Waals surface area contributed by atoms with Crippen LogP contribution in [0.4, 0.5) is 0 Å². The number of carbonyl (C=O) groups excluding carboxylic acids is 2. The summed E-state index contributed by atoms with van der Waals surface area (Å²) < 4.78 is 5.49. The zero-order valence-electron chi connectivity index (χ0n) is 14.3. The van der Waals surface area contributed by atoms with Gasteiger partial charge in [0.05, 0.1) is 0 Å². The first-order chi connectivity index (χ1) is 12.5. The highest BCUT2D eigenvalue weighted by molar-refractivity contribution is 5.94. The van der Waals surface area contributed by atoms with Crippen LogP contribution in [0.15, 0.2) is 48.5 Å². The molecule has 0 fully saturated rings. The van der Waals surface area contributed by atoms with Crippen molar-refractivity contribution >= 4 is 17.7 Å². The van der Waals surface area contributed by atoms with Gasteiger partial charge in [-0.1, -0.05) is 36.4 Å². The lowest BCUT2D eigenvalue weighted by atomic mass is 9.92. The minimum atomic E-state index is -1.07. The van der Waals surface area contributed by atoms with Gasteiger partial charge in [0, 0.05) is 12.1 Å². The van der Waals surface area contributed by atoms with Crippen molar-refractivity contribution < 1.29 is 24.2 Å². The van der Waals surface area contributed by atoms with Gasteiger partial charge in [-0.3, -0.25) is 9.59 Å². The van der Waals surface area contributed by atoms with E-state index in [0.29, 0.717) is 29.8 Å². The number of ketones is 1. The molecule has 6 nitrogen and oxygen atoms in total. The van der Waals surface area contributed by atoms with E-state index in [0.717, 1.165) is 5.56 Å². The minimum Gasteiger partial charge on any atom is -0.484 e. The third-order valence-electron chi connectivity index (χ3n) is 4.44. The maximum Gasteiger partial charge on any atom is 0.331 e. The number of aliphatic carboxylic acids is 1. The Morgan fingerprint density at radius 1 is 1.15 bits per heavy atom. The second-order valence-electron chi connectivity index (χ2n) is 6.15. The summed E-state index contributed by atoms with van der Waals surface area (Å²) in [7, 11) is 0. The molecule has 0 spiro atoms. The monoisotopic (exact) mass is 353 g/mol. The molecule has 26 heavy (non-hydrogen) atoms. The van der Waals surface area contributed by atoms with E-state index in [2.05, 4.69) is 0 Å². The molecular formula is C20H19NO5. The number of carboxylic acid groups (broad SMARTS) is 1. The van der Waals surface area contributed by atoms with Crippen LogP contribution < -0.4 is 4.74 Å². The fourth-order valence-electron chi connectivity index (χ4n) is 3.13. The van der Waals surface area contributed by atoms with Crippen LogP contribution in [0.2, 0.25) is 0 Å². The minimum absolute atomic E-state index is 0.0969. The topological polar surface area (TPSA) is 83.9 Å². The molecule has 1 amide bonds. The Balaban J connectivity index is 1.74. The van der Waals surface area contributed by atoms with Crippen molar-refractivity contribution in [3.8, 4) is 5.75 Å². The van der Waals surface area contributed by atoms with Gasteiger partial charge in [-0.25, -0.2) is 4.79 Å². The molecule has 134 valence electrons. The van der Waals surface area contributed by atoms with Crippen LogP contribution in [0.5, 0.6) is 5.75 Å². The molecule has 0 saturated heterocycles. The molecule has 1 unspecified atom stereocenters. The first-order valence-corrected chi connectivity index (χ1v) is 8.31. The summed E-state index contributed by atoms with van der Waals surface area (Å²) in [5.41, 5.74) is 2.07. The van der Waals surface area contributed by atoms with Gasteiger partial charge in [-0.15, -0.1) is 0 Å². The maximum absolute atomic E-state index is 12.6. The van der Waals surface area contributed by atoms with Gasteiger partial charge in [-0.05, 0) is 36.6 Å². The molecule has 1 heterocycles. The average molecular weight is 353 g/mol. The van der Waals surface area contributed by atoms with E-state index in [-0.39, 0.29) is 12.4 Å². The zero-order chi connectivity index (χ0) is 18.7. The summed E-state index contributed by atoms with van der Waals surface area (Å²) in [5.74, 6) is -1.17. The van der Waals surface area contributed by atoms with Crippen LogP contribution >= 0.6 is 0 Å². The van der Waals surface area contributed by atoms with E-state index < -0.39 is 17.9 Å². The summed E-state index contributed by atoms with van der Waals surface area (Å²) >= 11 is 0. The second-order valence-corrected chi connectivity index (χ2v) is 6.15. The molecule has 3 rings (SSSR count). The van der Waals surface area contributed by atoms with E-state index in [1.165, 1.54) is 11.8 Å². The number of hydrogen-bond donors (Lipinski definition) is 1. The number of nitrogens with zero attached hydrogens (tertiary/aromatic N) is 1. The van der Waals surface area contributed by atoms with Crippen molar-refractivity contribution in [2.24, 2.45) is 0 Å². The van der Waals surface area contributed by atoms with Crippen molar-refractivity contribution in [3.05, 3.63) is 65.2 Å². The van der Waals surface area contributed by atoms with Crippen LogP contribution in [-0.4, -0.2) is 40.8 Å². The number of Topliss-reactive ketones (excluding diaryl/α,β-unsaturated/α-hetero) is 1. The van der Waals surface area contributed by atoms with Crippen molar-refractivity contribution in [1.29, 1.82) is 0 Å². The van der Waals surface area contributed by atoms with E-state index in [4.69, 9.17) is 4.74 Å². The number of carboxylic acids is 1. The van der Waals surface area contributed by atoms with Crippen LogP contribution in [0.1, 0.15) is 34.5 Å². The molecule has 6 heteroatoms. The molecule has 1 N–H and O–H groups in total. The van der Waals surface area contributed by atoms with E-state index in [1.54, 1.807) is 36.4 Å². The predicted molar refractivity (Wildman–Crippen MR) is 94.2 cm³/mol. The molecule has 0 aliphatic carbocycles. The zero-order valence-corrected chi connectivity index (χ0v) is 14.3. The molecular weight excluding hydrogens is 334 g/mol. The first kappa shape index (κ1) is 17.7. The summed E-state index contributed by atoms with van der Waals surface area (Å²) in [6.45, 7) is 1.49. The Hall–Kier alpha value is -3.15. The number of hydrogen-bond acceptors (Lipinski definition) is 4. The van der Waals surface area contributed by atoms with Gasteiger partial charge in [0.25, 0.3) is 5.91 Å². The molecule has 2 aromatic carbocycles. The number of benzene rings is 2. The summed E-state index contributed by atoms with van der Waals surface area (Å²) in [6, 6.07) is 12.8. The average Bonchev–Trinajstić information content (AvgIpc) is 2.65. The summed E-state index contributed by atoms with van der Waals surface area (Å²) in [6.07, 6.45) is 0.603. The van der Waals surface area contributed by atoms with Gasteiger partial charge in [-0.2, -0.15) is 0 Å². The lowest BCUT2D eigenvalue weighted by Gasteiger charge is -2.34. The molecule has 1 atom stereocenters. The summed E-state index contributed by atoms with van der Waals surface area (Å²) in [4.78, 5) is 37.1. The van der Waals surface area contributed by atoms with Crippen molar-refractivity contribution in [3.63, 3.8) is 0 Å². The summed E-state index contributed by atoms with van der Waals surface area (Å²) in [5, 5.41) is 9.61. The predicted octanol–water partition coefficient (Wildman–Crippen LogP) is 2.48. The van der Waals surface area contributed by atoms with Crippen molar-refractivity contribution in [1.82, 2.24) is 4.90 Å². The van der Waals surface area contributed by atoms with E-state index >= 15 is 0 Å². The third-order valence-corrected chi connectivity index (χ3v) is 4.44. The van der Waals surface area contributed by atoms with Crippen LogP contribution in [-0.2, 0) is 16.0 Å². The van der Waals surface area contributed by atoms with Crippen molar-refractivity contribution in [2.75, 3.05) is 13.2 Å². The Morgan fingerprint density at radius 2 is 1.92 bits per heavy atom. The largest absolute Gasteiger partial charge is 0.484 e. The SMILES string of the molecule is CC(=O)c1cccc(OCC(=O)N2CCc3ccccc3C2C(=O)O)c1. The van der Waals surface area contributed by atoms with Gasteiger partial charge >= 0.3 is 5.97 Å². The normalized spacial score (nSPS) is 15.9. The fraction of sp³-hybridized carbons (Fsp3) is 0.250. The van der Waals surface area contributed by atoms with Crippen LogP contribution in [0, 0.1) is 0 Å². The molecule has 0 saturated carbocycles. The Bertz CT molecular complexity index is 861. The number of rotatable bonds is 5. The molecule has 1 aliphatic heterocycles. The Morgan fingerprint density at radius 3 is 2.65 bits per heavy atom. The smallest absolute Gasteiger partial charge is 0.331 e. The van der Waals surface area contributed by atoms with E-state index in [9.17, 15) is 19.5 Å². The lowest BCUT2D eigenvalue weighted by molar-refractivity contribution is -0.152. The number of fused-ring (bicyclic) bond motifs is 1. The number of amides is 1. The van der Waals surface area contributed by atoms with Crippen molar-refractivity contribution in [2.45, 2.75) is 19.4 Å². The maximum atomic E-state index is 12.6. The highest BCUT2D eigenvalue weighted by Gasteiger charge is 2.35. The molecule has 1 aliphatic rings. The highest BCUT2D eigenvalue weighted by atomic mass is 16.5. The highest BCUT2D eigenvalue weighted by Crippen LogP contribution is 2.30. The van der Waals surface area contributed by atoms with Crippen LogP contribution in [0.3, 0.4) is 0 Å². The molecule has 0 bridgehead atoms. The first-order valence-electron chi connectivity index (χ1n) is 8.31. The molecule has 0 radical (unpaired) electrons. The number of carbonyl (C=O) groups is 3. The van der Waals surface area contributed by atoms with Gasteiger partial charge in [0.2, 0.25) is 0 Å². The second kappa shape index (κ2) is 7.39. The van der Waals surface area contributed by atoms with Crippen LogP contribution in [0.25, 0.3) is 0 Å². The van der Waals surface area contributed by atoms with Gasteiger partial charge in [0.15, 0.2) is 18.4 Å². The quantitative estimate of drug-likeness (QED) is 0.835. The Kier molecular flexibility index (Phi) is 5.02. The van der Waals surface area contributed by atoms with Gasteiger partial charge in [0.1, 0.15) is 5.75 Å². The third kappa shape index (κ3) is 3.59. The number of ether oxygens (including phenoxy) is 1. The molecule has 0 aromatic heterocycles. The molecule has 2 aromatic rings. The van der Waals surface area contributed by atoms with Gasteiger partial charge < -0.3 is 14.7 Å². The standard InChI is InChI=1S/C20H19NO5/c1-13(22)15-6-4-7-16(11-15)26-12-18(23)21-10-9-14-5-2-3-8-17(14)19(21)20(24)25/h2-8,11,19H,9-10,12H2,1H3,(H,24,25). The fourth-order valence-corrected chi connectivity index (χ4v) is 3.13.